The van der Waals surface area contributed by atoms with Gasteiger partial charge in [0.25, 0.3) is 0 Å². The minimum absolute atomic E-state index is 0.489. The van der Waals surface area contributed by atoms with E-state index in [1.54, 1.807) is 6.07 Å². The van der Waals surface area contributed by atoms with Crippen molar-refractivity contribution in [1.82, 2.24) is 9.97 Å². The van der Waals surface area contributed by atoms with Crippen LogP contribution in [-0.2, 0) is 12.8 Å². The number of nitrogens with one attached hydrogen (secondary N) is 1. The van der Waals surface area contributed by atoms with Crippen molar-refractivity contribution in [3.05, 3.63) is 35.4 Å². The smallest absolute Gasteiger partial charge is 0.191 e. The second-order valence-electron chi connectivity index (χ2n) is 4.63. The second-order valence-corrected chi connectivity index (χ2v) is 5.40. The Balaban J connectivity index is 1.86. The number of hydrogen-bond donors (Lipinski definition) is 2. The van der Waals surface area contributed by atoms with Gasteiger partial charge in [-0.25, -0.2) is 9.97 Å². The minimum atomic E-state index is 0.489. The number of nitrogens with two attached hydrogens (primary N) is 1. The Morgan fingerprint density at radius 3 is 2.84 bits per heavy atom. The number of nitrogens with zero attached hydrogens (tertiary/aromatic N) is 2. The van der Waals surface area contributed by atoms with Crippen molar-refractivity contribution in [1.29, 1.82) is 0 Å². The molecule has 2 aromatic rings. The first kappa shape index (κ1) is 12.3. The van der Waals surface area contributed by atoms with Gasteiger partial charge in [0.15, 0.2) is 5.16 Å². The van der Waals surface area contributed by atoms with Crippen LogP contribution < -0.4 is 11.1 Å². The van der Waals surface area contributed by atoms with Crippen LogP contribution in [0.2, 0.25) is 0 Å². The summed E-state index contributed by atoms with van der Waals surface area (Å²) in [4.78, 5) is 8.54. The molecule has 0 saturated carbocycles. The monoisotopic (exact) mass is 272 g/mol. The van der Waals surface area contributed by atoms with Crippen LogP contribution in [0.15, 0.2) is 29.4 Å². The number of nitrogen functional groups attached to an aromatic ring is 1. The predicted molar refractivity (Wildman–Crippen MR) is 80.0 cm³/mol. The molecule has 1 aliphatic rings. The van der Waals surface area contributed by atoms with Crippen molar-refractivity contribution in [3.8, 4) is 0 Å². The van der Waals surface area contributed by atoms with Crippen molar-refractivity contribution < 1.29 is 0 Å². The molecule has 98 valence electrons. The molecule has 5 heteroatoms. The number of rotatable bonds is 3. The Hall–Kier alpha value is -1.75. The molecule has 0 bridgehead atoms. The van der Waals surface area contributed by atoms with Crippen LogP contribution in [0.25, 0.3) is 0 Å². The highest BCUT2D eigenvalue weighted by molar-refractivity contribution is 7.98. The van der Waals surface area contributed by atoms with Gasteiger partial charge >= 0.3 is 0 Å². The molecular formula is C14H16N4S. The summed E-state index contributed by atoms with van der Waals surface area (Å²) >= 11 is 1.49. The third-order valence-corrected chi connectivity index (χ3v) is 3.83. The molecule has 1 aromatic heterocycles. The lowest BCUT2D eigenvalue weighted by Crippen LogP contribution is -2.00. The first-order chi connectivity index (χ1) is 9.24. The van der Waals surface area contributed by atoms with Crippen molar-refractivity contribution in [2.24, 2.45) is 0 Å². The third kappa shape index (κ3) is 2.66. The largest absolute Gasteiger partial charge is 0.383 e. The van der Waals surface area contributed by atoms with E-state index < -0.39 is 0 Å². The summed E-state index contributed by atoms with van der Waals surface area (Å²) in [5.74, 6) is 1.23. The average Bonchev–Trinajstić information content (AvgIpc) is 2.85. The average molecular weight is 272 g/mol. The maximum Gasteiger partial charge on any atom is 0.191 e. The molecule has 0 amide bonds. The molecule has 1 aliphatic carbocycles. The van der Waals surface area contributed by atoms with Gasteiger partial charge in [-0.15, -0.1) is 0 Å². The zero-order chi connectivity index (χ0) is 13.2. The fourth-order valence-electron chi connectivity index (χ4n) is 2.40. The minimum Gasteiger partial charge on any atom is -0.383 e. The lowest BCUT2D eigenvalue weighted by Gasteiger charge is -2.09. The summed E-state index contributed by atoms with van der Waals surface area (Å²) in [6, 6.07) is 8.26. The number of thioether (sulfide) groups is 1. The normalized spacial score (nSPS) is 13.3. The summed E-state index contributed by atoms with van der Waals surface area (Å²) in [7, 11) is 0. The number of hydrogen-bond acceptors (Lipinski definition) is 5. The van der Waals surface area contributed by atoms with Gasteiger partial charge in [-0.1, -0.05) is 17.8 Å². The molecule has 3 rings (SSSR count). The van der Waals surface area contributed by atoms with Gasteiger partial charge in [0.1, 0.15) is 11.6 Å². The zero-order valence-corrected chi connectivity index (χ0v) is 11.6. The number of anilines is 3. The Kier molecular flexibility index (Phi) is 3.29. The maximum atomic E-state index is 5.77. The quantitative estimate of drug-likeness (QED) is 0.664. The summed E-state index contributed by atoms with van der Waals surface area (Å²) in [5, 5.41) is 3.99. The summed E-state index contributed by atoms with van der Waals surface area (Å²) in [6.45, 7) is 0. The highest BCUT2D eigenvalue weighted by Gasteiger charge is 2.11. The van der Waals surface area contributed by atoms with Gasteiger partial charge in [-0.05, 0) is 48.8 Å². The summed E-state index contributed by atoms with van der Waals surface area (Å²) in [5.41, 5.74) is 9.75. The fraction of sp³-hybridized carbons (Fsp3) is 0.286. The standard InChI is InChI=1S/C14H16N4S/c1-19-14-17-12(15)8-13(18-14)16-11-6-5-9-3-2-4-10(9)7-11/h5-8H,2-4H2,1H3,(H3,15,16,17,18). The topological polar surface area (TPSA) is 63.8 Å². The Bertz CT molecular complexity index is 612. The molecule has 3 N–H and O–H groups in total. The first-order valence-corrected chi connectivity index (χ1v) is 7.54. The molecule has 0 saturated heterocycles. The molecule has 0 radical (unpaired) electrons. The highest BCUT2D eigenvalue weighted by atomic mass is 32.2. The lowest BCUT2D eigenvalue weighted by atomic mass is 10.1. The molecule has 0 atom stereocenters. The van der Waals surface area contributed by atoms with E-state index in [0.29, 0.717) is 11.0 Å². The lowest BCUT2D eigenvalue weighted by molar-refractivity contribution is 0.912. The van der Waals surface area contributed by atoms with Crippen LogP contribution >= 0.6 is 11.8 Å². The molecular weight excluding hydrogens is 256 g/mol. The number of fused-ring (bicyclic) bond motifs is 1. The van der Waals surface area contributed by atoms with Crippen LogP contribution in [-0.4, -0.2) is 16.2 Å². The maximum absolute atomic E-state index is 5.77. The van der Waals surface area contributed by atoms with E-state index in [1.165, 1.54) is 42.2 Å². The van der Waals surface area contributed by atoms with Gasteiger partial charge in [-0.3, -0.25) is 0 Å². The Labute approximate surface area is 116 Å². The van der Waals surface area contributed by atoms with Crippen LogP contribution in [0.3, 0.4) is 0 Å². The van der Waals surface area contributed by atoms with Crippen molar-refractivity contribution in [2.45, 2.75) is 24.4 Å². The molecule has 0 spiro atoms. The van der Waals surface area contributed by atoms with E-state index in [4.69, 9.17) is 5.73 Å². The summed E-state index contributed by atoms with van der Waals surface area (Å²) < 4.78 is 0. The summed E-state index contributed by atoms with van der Waals surface area (Å²) in [6.07, 6.45) is 5.57. The number of aromatic nitrogens is 2. The SMILES string of the molecule is CSc1nc(N)cc(Nc2ccc3c(c2)CCC3)n1. The van der Waals surface area contributed by atoms with E-state index in [-0.39, 0.29) is 0 Å². The van der Waals surface area contributed by atoms with E-state index in [1.807, 2.05) is 6.26 Å². The third-order valence-electron chi connectivity index (χ3n) is 3.28. The van der Waals surface area contributed by atoms with Gasteiger partial charge in [0, 0.05) is 11.8 Å². The van der Waals surface area contributed by atoms with Crippen molar-refractivity contribution >= 4 is 29.1 Å². The van der Waals surface area contributed by atoms with Crippen LogP contribution in [0, 0.1) is 0 Å². The van der Waals surface area contributed by atoms with Crippen molar-refractivity contribution in [3.63, 3.8) is 0 Å². The molecule has 4 nitrogen and oxygen atoms in total. The fourth-order valence-corrected chi connectivity index (χ4v) is 2.78. The molecule has 1 heterocycles. The van der Waals surface area contributed by atoms with Gasteiger partial charge < -0.3 is 11.1 Å². The molecule has 0 fully saturated rings. The van der Waals surface area contributed by atoms with Crippen LogP contribution in [0.4, 0.5) is 17.3 Å². The van der Waals surface area contributed by atoms with Crippen LogP contribution in [0.5, 0.6) is 0 Å². The number of benzene rings is 1. The van der Waals surface area contributed by atoms with Crippen molar-refractivity contribution in [2.75, 3.05) is 17.3 Å². The van der Waals surface area contributed by atoms with E-state index in [0.717, 1.165) is 11.5 Å². The van der Waals surface area contributed by atoms with E-state index in [2.05, 4.69) is 33.5 Å². The van der Waals surface area contributed by atoms with Crippen LogP contribution in [0.1, 0.15) is 17.5 Å². The highest BCUT2D eigenvalue weighted by Crippen LogP contribution is 2.26. The predicted octanol–water partition coefficient (Wildman–Crippen LogP) is 3.01. The van der Waals surface area contributed by atoms with Gasteiger partial charge in [0.2, 0.25) is 0 Å². The molecule has 19 heavy (non-hydrogen) atoms. The Morgan fingerprint density at radius 2 is 2.00 bits per heavy atom. The van der Waals surface area contributed by atoms with Gasteiger partial charge in [0.05, 0.1) is 0 Å². The number of aryl methyl sites for hydroxylation is 2. The van der Waals surface area contributed by atoms with Gasteiger partial charge in [-0.2, -0.15) is 0 Å². The molecule has 0 aliphatic heterocycles. The second kappa shape index (κ2) is 5.09. The Morgan fingerprint density at radius 1 is 1.16 bits per heavy atom. The van der Waals surface area contributed by atoms with E-state index in [9.17, 15) is 0 Å². The van der Waals surface area contributed by atoms with E-state index >= 15 is 0 Å². The first-order valence-electron chi connectivity index (χ1n) is 6.32. The molecule has 1 aromatic carbocycles. The zero-order valence-electron chi connectivity index (χ0n) is 10.8. The molecule has 0 unspecified atom stereocenters.